The first-order valence-electron chi connectivity index (χ1n) is 16.6. The van der Waals surface area contributed by atoms with Crippen molar-refractivity contribution in [1.82, 2.24) is 0 Å². The monoisotopic (exact) mass is 542 g/mol. The van der Waals surface area contributed by atoms with Crippen molar-refractivity contribution in [2.75, 3.05) is 26.4 Å². The molecule has 0 saturated carbocycles. The number of unbranched alkanes of at least 4 members (excludes halogenated alkanes) is 20. The largest absolute Gasteiger partial charge is 0.465 e. The molecule has 0 saturated heterocycles. The van der Waals surface area contributed by atoms with Crippen molar-refractivity contribution >= 4 is 5.97 Å². The number of ether oxygens (including phenoxy) is 1. The van der Waals surface area contributed by atoms with Gasteiger partial charge < -0.3 is 20.1 Å². The molecule has 0 spiro atoms. The highest BCUT2D eigenvalue weighted by atomic mass is 16.5. The molecular formula is C33H66O5. The molecule has 0 aromatic carbocycles. The summed E-state index contributed by atoms with van der Waals surface area (Å²) in [7, 11) is 0. The molecule has 0 aliphatic rings. The number of aliphatic hydroxyl groups is 3. The van der Waals surface area contributed by atoms with Gasteiger partial charge in [-0.15, -0.1) is 0 Å². The molecule has 0 bridgehead atoms. The quantitative estimate of drug-likeness (QED) is 0.0625. The Morgan fingerprint density at radius 3 is 1.11 bits per heavy atom. The molecule has 5 heteroatoms. The number of carbonyl (C=O) groups is 1. The summed E-state index contributed by atoms with van der Waals surface area (Å²) in [5.41, 5.74) is -1.16. The van der Waals surface area contributed by atoms with Crippen molar-refractivity contribution in [2.24, 2.45) is 11.3 Å². The molecule has 0 aliphatic heterocycles. The number of hydrogen-bond donors (Lipinski definition) is 3. The summed E-state index contributed by atoms with van der Waals surface area (Å²) in [5.74, 6) is -0.357. The second-order valence-corrected chi connectivity index (χ2v) is 11.9. The van der Waals surface area contributed by atoms with Crippen LogP contribution in [0.2, 0.25) is 0 Å². The van der Waals surface area contributed by atoms with Gasteiger partial charge in [-0.05, 0) is 12.8 Å². The maximum absolute atomic E-state index is 12.9. The Bertz CT molecular complexity index is 484. The second-order valence-electron chi connectivity index (χ2n) is 11.9. The van der Waals surface area contributed by atoms with Crippen LogP contribution in [0.3, 0.4) is 0 Å². The highest BCUT2D eigenvalue weighted by Crippen LogP contribution is 2.23. The van der Waals surface area contributed by atoms with E-state index in [4.69, 9.17) is 4.74 Å². The summed E-state index contributed by atoms with van der Waals surface area (Å²) in [6, 6.07) is 0. The van der Waals surface area contributed by atoms with E-state index < -0.39 is 25.2 Å². The smallest absolute Gasteiger partial charge is 0.308 e. The lowest BCUT2D eigenvalue weighted by Crippen LogP contribution is -2.40. The average molecular weight is 543 g/mol. The van der Waals surface area contributed by atoms with E-state index in [1.165, 1.54) is 116 Å². The Morgan fingerprint density at radius 1 is 0.526 bits per heavy atom. The summed E-state index contributed by atoms with van der Waals surface area (Å²) >= 11 is 0. The zero-order valence-electron chi connectivity index (χ0n) is 25.5. The Kier molecular flexibility index (Phi) is 27.4. The van der Waals surface area contributed by atoms with Crippen molar-refractivity contribution in [2.45, 2.75) is 168 Å². The van der Waals surface area contributed by atoms with Crippen LogP contribution in [0, 0.1) is 11.3 Å². The topological polar surface area (TPSA) is 87.0 Å². The van der Waals surface area contributed by atoms with Crippen LogP contribution in [-0.2, 0) is 9.53 Å². The molecule has 0 aliphatic carbocycles. The van der Waals surface area contributed by atoms with Crippen molar-refractivity contribution in [1.29, 1.82) is 0 Å². The summed E-state index contributed by atoms with van der Waals surface area (Å²) < 4.78 is 5.52. The van der Waals surface area contributed by atoms with E-state index in [2.05, 4.69) is 13.8 Å². The van der Waals surface area contributed by atoms with E-state index in [-0.39, 0.29) is 18.5 Å². The molecule has 228 valence electrons. The number of rotatable bonds is 30. The molecule has 0 aromatic rings. The van der Waals surface area contributed by atoms with Gasteiger partial charge in [0.15, 0.2) is 0 Å². The molecule has 0 radical (unpaired) electrons. The Hall–Kier alpha value is -0.650. The van der Waals surface area contributed by atoms with Gasteiger partial charge in [0.1, 0.15) is 6.61 Å². The summed E-state index contributed by atoms with van der Waals surface area (Å²) in [4.78, 5) is 12.9. The van der Waals surface area contributed by atoms with Crippen LogP contribution >= 0.6 is 0 Å². The maximum Gasteiger partial charge on any atom is 0.308 e. The van der Waals surface area contributed by atoms with Gasteiger partial charge in [-0.25, -0.2) is 0 Å². The van der Waals surface area contributed by atoms with E-state index in [1.807, 2.05) is 0 Å². The van der Waals surface area contributed by atoms with Crippen LogP contribution in [0.1, 0.15) is 168 Å². The summed E-state index contributed by atoms with van der Waals surface area (Å²) in [6.07, 6.45) is 30.0. The molecule has 3 N–H and O–H groups in total. The lowest BCUT2D eigenvalue weighted by atomic mass is 9.91. The fourth-order valence-electron chi connectivity index (χ4n) is 5.12. The van der Waals surface area contributed by atoms with Crippen LogP contribution in [0.4, 0.5) is 0 Å². The van der Waals surface area contributed by atoms with Gasteiger partial charge >= 0.3 is 5.97 Å². The van der Waals surface area contributed by atoms with E-state index in [1.54, 1.807) is 0 Å². The molecule has 38 heavy (non-hydrogen) atoms. The lowest BCUT2D eigenvalue weighted by Gasteiger charge is -2.27. The molecule has 1 unspecified atom stereocenters. The van der Waals surface area contributed by atoms with Gasteiger partial charge in [0.2, 0.25) is 0 Å². The molecule has 0 heterocycles. The van der Waals surface area contributed by atoms with Crippen LogP contribution in [-0.4, -0.2) is 47.7 Å². The first kappa shape index (κ1) is 37.4. The zero-order valence-corrected chi connectivity index (χ0v) is 25.5. The maximum atomic E-state index is 12.9. The minimum absolute atomic E-state index is 0.124. The fourth-order valence-corrected chi connectivity index (χ4v) is 5.12. The van der Waals surface area contributed by atoms with Crippen molar-refractivity contribution in [3.63, 3.8) is 0 Å². The Labute approximate surface area is 236 Å². The summed E-state index contributed by atoms with van der Waals surface area (Å²) in [6.45, 7) is 3.16. The first-order chi connectivity index (χ1) is 18.6. The number of esters is 1. The highest BCUT2D eigenvalue weighted by Gasteiger charge is 2.31. The molecule has 0 rings (SSSR count). The minimum Gasteiger partial charge on any atom is -0.465 e. The average Bonchev–Trinajstić information content (AvgIpc) is 2.94. The minimum atomic E-state index is -1.16. The van der Waals surface area contributed by atoms with Gasteiger partial charge in [-0.1, -0.05) is 155 Å². The molecule has 0 aromatic heterocycles. The molecular weight excluding hydrogens is 476 g/mol. The third kappa shape index (κ3) is 21.2. The SMILES string of the molecule is CCCCCCCCCCCCCCC(CCCCCCCCCCCC)C(=O)OCC(CO)(CO)CO. The van der Waals surface area contributed by atoms with Crippen LogP contribution in [0.25, 0.3) is 0 Å². The van der Waals surface area contributed by atoms with Crippen molar-refractivity contribution < 1.29 is 24.9 Å². The van der Waals surface area contributed by atoms with Gasteiger partial charge in [-0.2, -0.15) is 0 Å². The predicted octanol–water partition coefficient (Wildman–Crippen LogP) is 8.51. The lowest BCUT2D eigenvalue weighted by molar-refractivity contribution is -0.156. The van der Waals surface area contributed by atoms with Gasteiger partial charge in [0.25, 0.3) is 0 Å². The normalized spacial score (nSPS) is 12.7. The molecule has 0 fully saturated rings. The van der Waals surface area contributed by atoms with Crippen molar-refractivity contribution in [3.05, 3.63) is 0 Å². The molecule has 1 atom stereocenters. The van der Waals surface area contributed by atoms with E-state index in [9.17, 15) is 20.1 Å². The van der Waals surface area contributed by atoms with Crippen LogP contribution < -0.4 is 0 Å². The third-order valence-electron chi connectivity index (χ3n) is 8.17. The number of carbonyl (C=O) groups excluding carboxylic acids is 1. The molecule has 0 amide bonds. The van der Waals surface area contributed by atoms with E-state index in [0.29, 0.717) is 0 Å². The first-order valence-corrected chi connectivity index (χ1v) is 16.6. The van der Waals surface area contributed by atoms with Gasteiger partial charge in [0.05, 0.1) is 31.2 Å². The highest BCUT2D eigenvalue weighted by molar-refractivity contribution is 5.72. The molecule has 5 nitrogen and oxygen atoms in total. The van der Waals surface area contributed by atoms with Crippen molar-refractivity contribution in [3.8, 4) is 0 Å². The van der Waals surface area contributed by atoms with Gasteiger partial charge in [-0.3, -0.25) is 4.79 Å². The predicted molar refractivity (Wildman–Crippen MR) is 160 cm³/mol. The van der Waals surface area contributed by atoms with E-state index in [0.717, 1.165) is 38.5 Å². The van der Waals surface area contributed by atoms with Crippen LogP contribution in [0.5, 0.6) is 0 Å². The van der Waals surface area contributed by atoms with Gasteiger partial charge in [0, 0.05) is 0 Å². The Morgan fingerprint density at radius 2 is 0.816 bits per heavy atom. The second kappa shape index (κ2) is 27.9. The Balaban J connectivity index is 4.25. The zero-order chi connectivity index (χ0) is 28.2. The van der Waals surface area contributed by atoms with E-state index >= 15 is 0 Å². The summed E-state index contributed by atoms with van der Waals surface area (Å²) in [5, 5.41) is 28.6. The van der Waals surface area contributed by atoms with Crippen LogP contribution in [0.15, 0.2) is 0 Å². The fraction of sp³-hybridized carbons (Fsp3) is 0.970. The number of aliphatic hydroxyl groups excluding tert-OH is 3. The standard InChI is InChI=1S/C33H66O5/c1-3-5-7-9-11-13-15-16-18-20-22-24-26-31(32(37)38-30-33(27-34,28-35)29-36)25-23-21-19-17-14-12-10-8-6-4-2/h31,34-36H,3-30H2,1-2H3. The third-order valence-corrected chi connectivity index (χ3v) is 8.17. The number of hydrogen-bond acceptors (Lipinski definition) is 5.